The molecular formula is C11H12ClNO. The van der Waals surface area contributed by atoms with Crippen LogP contribution < -0.4 is 0 Å². The van der Waals surface area contributed by atoms with Crippen molar-refractivity contribution in [1.82, 2.24) is 0 Å². The zero-order valence-corrected chi connectivity index (χ0v) is 8.79. The highest BCUT2D eigenvalue weighted by molar-refractivity contribution is 6.33. The van der Waals surface area contributed by atoms with Crippen molar-refractivity contribution in [3.63, 3.8) is 0 Å². The Morgan fingerprint density at radius 1 is 1.50 bits per heavy atom. The van der Waals surface area contributed by atoms with E-state index < -0.39 is 0 Å². The molecule has 74 valence electrons. The van der Waals surface area contributed by atoms with Gasteiger partial charge in [0.1, 0.15) is 6.61 Å². The van der Waals surface area contributed by atoms with Crippen LogP contribution in [0, 0.1) is 0 Å². The van der Waals surface area contributed by atoms with Crippen LogP contribution in [-0.4, -0.2) is 18.5 Å². The topological polar surface area (TPSA) is 21.6 Å². The van der Waals surface area contributed by atoms with Gasteiger partial charge in [-0.1, -0.05) is 30.7 Å². The molecule has 1 heterocycles. The average Bonchev–Trinajstić information content (AvgIpc) is 2.67. The van der Waals surface area contributed by atoms with E-state index in [1.54, 1.807) is 0 Å². The van der Waals surface area contributed by atoms with Crippen LogP contribution in [0.4, 0.5) is 0 Å². The number of benzene rings is 1. The van der Waals surface area contributed by atoms with Gasteiger partial charge >= 0.3 is 0 Å². The summed E-state index contributed by atoms with van der Waals surface area (Å²) in [4.78, 5) is 4.45. The van der Waals surface area contributed by atoms with Crippen molar-refractivity contribution in [2.45, 2.75) is 19.4 Å². The first kappa shape index (κ1) is 9.53. The van der Waals surface area contributed by atoms with Gasteiger partial charge in [-0.05, 0) is 18.6 Å². The summed E-state index contributed by atoms with van der Waals surface area (Å²) < 4.78 is 5.49. The Morgan fingerprint density at radius 2 is 2.29 bits per heavy atom. The Labute approximate surface area is 88.6 Å². The lowest BCUT2D eigenvalue weighted by molar-refractivity contribution is 0.315. The Morgan fingerprint density at radius 3 is 2.93 bits per heavy atom. The summed E-state index contributed by atoms with van der Waals surface area (Å²) in [6.45, 7) is 2.78. The molecule has 0 amide bonds. The highest BCUT2D eigenvalue weighted by atomic mass is 35.5. The van der Waals surface area contributed by atoms with E-state index in [2.05, 4.69) is 11.9 Å². The fourth-order valence-electron chi connectivity index (χ4n) is 1.41. The maximum Gasteiger partial charge on any atom is 0.218 e. The first-order valence-electron chi connectivity index (χ1n) is 4.76. The third-order valence-corrected chi connectivity index (χ3v) is 2.62. The molecule has 1 aliphatic heterocycles. The van der Waals surface area contributed by atoms with Crippen LogP contribution in [0.3, 0.4) is 0 Å². The third kappa shape index (κ3) is 1.75. The molecular weight excluding hydrogens is 198 g/mol. The molecule has 0 spiro atoms. The van der Waals surface area contributed by atoms with E-state index >= 15 is 0 Å². The summed E-state index contributed by atoms with van der Waals surface area (Å²) in [5.74, 6) is 0.683. The van der Waals surface area contributed by atoms with E-state index in [9.17, 15) is 0 Å². The van der Waals surface area contributed by atoms with Crippen molar-refractivity contribution in [1.29, 1.82) is 0 Å². The lowest BCUT2D eigenvalue weighted by Gasteiger charge is -2.02. The van der Waals surface area contributed by atoms with Crippen molar-refractivity contribution in [3.8, 4) is 0 Å². The monoisotopic (exact) mass is 209 g/mol. The number of hydrogen-bond donors (Lipinski definition) is 0. The minimum absolute atomic E-state index is 0.293. The molecule has 1 atom stereocenters. The number of halogens is 1. The van der Waals surface area contributed by atoms with Gasteiger partial charge in [0.15, 0.2) is 0 Å². The second-order valence-corrected chi connectivity index (χ2v) is 3.69. The van der Waals surface area contributed by atoms with E-state index in [0.717, 1.165) is 12.0 Å². The first-order valence-corrected chi connectivity index (χ1v) is 5.14. The molecule has 0 aliphatic carbocycles. The number of hydrogen-bond acceptors (Lipinski definition) is 2. The van der Waals surface area contributed by atoms with Gasteiger partial charge in [0, 0.05) is 0 Å². The van der Waals surface area contributed by atoms with Gasteiger partial charge < -0.3 is 4.74 Å². The number of nitrogens with zero attached hydrogens (tertiary/aromatic N) is 1. The zero-order valence-electron chi connectivity index (χ0n) is 8.03. The molecule has 0 bridgehead atoms. The molecule has 3 heteroatoms. The number of aliphatic imine (C=N–C) groups is 1. The molecule has 2 rings (SSSR count). The lowest BCUT2D eigenvalue weighted by Crippen LogP contribution is -2.04. The SMILES string of the molecule is CC[C@@H]1COC(c2ccccc2Cl)=N1. The molecule has 0 fully saturated rings. The predicted molar refractivity (Wildman–Crippen MR) is 58.0 cm³/mol. The van der Waals surface area contributed by atoms with Crippen LogP contribution in [0.25, 0.3) is 0 Å². The van der Waals surface area contributed by atoms with Gasteiger partial charge in [-0.15, -0.1) is 0 Å². The second kappa shape index (κ2) is 4.01. The summed E-state index contributed by atoms with van der Waals surface area (Å²) in [7, 11) is 0. The van der Waals surface area contributed by atoms with Crippen molar-refractivity contribution < 1.29 is 4.74 Å². The van der Waals surface area contributed by atoms with Crippen LogP contribution >= 0.6 is 11.6 Å². The standard InChI is InChI=1S/C11H12ClNO/c1-2-8-7-14-11(13-8)9-5-3-4-6-10(9)12/h3-6,8H,2,7H2,1H3/t8-/m1/s1. The van der Waals surface area contributed by atoms with Crippen LogP contribution in [0.1, 0.15) is 18.9 Å². The Bertz CT molecular complexity index is 362. The quantitative estimate of drug-likeness (QED) is 0.734. The largest absolute Gasteiger partial charge is 0.475 e. The molecule has 0 radical (unpaired) electrons. The van der Waals surface area contributed by atoms with Crippen LogP contribution in [0.15, 0.2) is 29.3 Å². The molecule has 0 saturated carbocycles. The number of rotatable bonds is 2. The first-order chi connectivity index (χ1) is 6.81. The lowest BCUT2D eigenvalue weighted by atomic mass is 10.2. The smallest absolute Gasteiger partial charge is 0.218 e. The average molecular weight is 210 g/mol. The fourth-order valence-corrected chi connectivity index (χ4v) is 1.62. The molecule has 0 unspecified atom stereocenters. The Hall–Kier alpha value is -1.02. The van der Waals surface area contributed by atoms with E-state index in [4.69, 9.17) is 16.3 Å². The van der Waals surface area contributed by atoms with Crippen LogP contribution in [-0.2, 0) is 4.74 Å². The van der Waals surface area contributed by atoms with Gasteiger partial charge in [-0.2, -0.15) is 0 Å². The highest BCUT2D eigenvalue weighted by Crippen LogP contribution is 2.20. The predicted octanol–water partition coefficient (Wildman–Crippen LogP) is 2.90. The molecule has 1 aliphatic rings. The molecule has 0 saturated heterocycles. The van der Waals surface area contributed by atoms with Gasteiger partial charge in [-0.3, -0.25) is 0 Å². The molecule has 1 aromatic carbocycles. The number of ether oxygens (including phenoxy) is 1. The molecule has 0 aromatic heterocycles. The van der Waals surface area contributed by atoms with Crippen molar-refractivity contribution in [2.24, 2.45) is 4.99 Å². The van der Waals surface area contributed by atoms with Crippen molar-refractivity contribution in [3.05, 3.63) is 34.9 Å². The van der Waals surface area contributed by atoms with Crippen molar-refractivity contribution in [2.75, 3.05) is 6.61 Å². The molecule has 0 N–H and O–H groups in total. The van der Waals surface area contributed by atoms with E-state index in [0.29, 0.717) is 23.6 Å². The maximum atomic E-state index is 6.03. The van der Waals surface area contributed by atoms with Gasteiger partial charge in [0.05, 0.1) is 16.6 Å². The summed E-state index contributed by atoms with van der Waals surface area (Å²) in [5, 5.41) is 0.697. The zero-order chi connectivity index (χ0) is 9.97. The maximum absolute atomic E-state index is 6.03. The van der Waals surface area contributed by atoms with Crippen LogP contribution in [0.2, 0.25) is 5.02 Å². The second-order valence-electron chi connectivity index (χ2n) is 3.29. The van der Waals surface area contributed by atoms with E-state index in [1.807, 2.05) is 24.3 Å². The Balaban J connectivity index is 2.28. The fraction of sp³-hybridized carbons (Fsp3) is 0.364. The Kier molecular flexibility index (Phi) is 2.73. The third-order valence-electron chi connectivity index (χ3n) is 2.29. The summed E-state index contributed by atoms with van der Waals surface area (Å²) in [6.07, 6.45) is 1.01. The summed E-state index contributed by atoms with van der Waals surface area (Å²) in [6, 6.07) is 7.91. The highest BCUT2D eigenvalue weighted by Gasteiger charge is 2.19. The van der Waals surface area contributed by atoms with Gasteiger partial charge in [0.25, 0.3) is 0 Å². The minimum Gasteiger partial charge on any atom is -0.475 e. The van der Waals surface area contributed by atoms with Gasteiger partial charge in [0.2, 0.25) is 5.90 Å². The summed E-state index contributed by atoms with van der Waals surface area (Å²) in [5.41, 5.74) is 0.894. The molecule has 2 nitrogen and oxygen atoms in total. The normalized spacial score (nSPS) is 20.4. The van der Waals surface area contributed by atoms with E-state index in [-0.39, 0.29) is 0 Å². The van der Waals surface area contributed by atoms with E-state index in [1.165, 1.54) is 0 Å². The summed E-state index contributed by atoms with van der Waals surface area (Å²) >= 11 is 6.03. The molecule has 14 heavy (non-hydrogen) atoms. The molecule has 1 aromatic rings. The minimum atomic E-state index is 0.293. The van der Waals surface area contributed by atoms with Gasteiger partial charge in [-0.25, -0.2) is 4.99 Å². The van der Waals surface area contributed by atoms with Crippen LogP contribution in [0.5, 0.6) is 0 Å². The van der Waals surface area contributed by atoms with Crippen molar-refractivity contribution >= 4 is 17.5 Å².